The highest BCUT2D eigenvalue weighted by atomic mass is 19.1. The highest BCUT2D eigenvalue weighted by Crippen LogP contribution is 2.12. The van der Waals surface area contributed by atoms with Crippen LogP contribution in [0.1, 0.15) is 26.7 Å². The Hall–Kier alpha value is -2.31. The fourth-order valence-corrected chi connectivity index (χ4v) is 1.90. The van der Waals surface area contributed by atoms with E-state index in [0.29, 0.717) is 37.8 Å². The highest BCUT2D eigenvalue weighted by molar-refractivity contribution is 5.81. The summed E-state index contributed by atoms with van der Waals surface area (Å²) in [6.45, 7) is 5.65. The number of ether oxygens (including phenoxy) is 1. The van der Waals surface area contributed by atoms with E-state index >= 15 is 0 Å². The van der Waals surface area contributed by atoms with Crippen molar-refractivity contribution in [2.45, 2.75) is 32.8 Å². The molecule has 1 aromatic rings. The molecule has 0 saturated heterocycles. The van der Waals surface area contributed by atoms with Gasteiger partial charge in [-0.2, -0.15) is 0 Å². The molecule has 1 aromatic carbocycles. The molecule has 0 radical (unpaired) electrons. The molecule has 0 saturated carbocycles. The maximum atomic E-state index is 12.8. The molecule has 0 aliphatic carbocycles. The normalized spacial score (nSPS) is 12.4. The first-order chi connectivity index (χ1) is 11.5. The molecule has 1 rings (SSSR count). The first-order valence-corrected chi connectivity index (χ1v) is 8.18. The topological polar surface area (TPSA) is 74.8 Å². The Morgan fingerprint density at radius 3 is 2.54 bits per heavy atom. The van der Waals surface area contributed by atoms with Crippen molar-refractivity contribution in [2.24, 2.45) is 4.99 Å². The number of halogens is 1. The molecular weight excluding hydrogens is 311 g/mol. The van der Waals surface area contributed by atoms with Crippen molar-refractivity contribution in [1.29, 1.82) is 0 Å². The van der Waals surface area contributed by atoms with E-state index in [0.717, 1.165) is 6.42 Å². The van der Waals surface area contributed by atoms with Crippen molar-refractivity contribution in [3.63, 3.8) is 0 Å². The highest BCUT2D eigenvalue weighted by Gasteiger charge is 2.06. The first-order valence-electron chi connectivity index (χ1n) is 8.18. The van der Waals surface area contributed by atoms with Gasteiger partial charge in [0.25, 0.3) is 0 Å². The summed E-state index contributed by atoms with van der Waals surface area (Å²) in [6, 6.07) is 5.90. The zero-order valence-electron chi connectivity index (χ0n) is 14.6. The van der Waals surface area contributed by atoms with Gasteiger partial charge in [-0.25, -0.2) is 4.39 Å². The van der Waals surface area contributed by atoms with Gasteiger partial charge in [-0.05, 0) is 37.6 Å². The second kappa shape index (κ2) is 11.3. The predicted octanol–water partition coefficient (Wildman–Crippen LogP) is 1.67. The fourth-order valence-electron chi connectivity index (χ4n) is 1.90. The third-order valence-electron chi connectivity index (χ3n) is 3.15. The number of hydrogen-bond acceptors (Lipinski definition) is 3. The first kappa shape index (κ1) is 19.7. The molecule has 0 aromatic heterocycles. The van der Waals surface area contributed by atoms with Crippen LogP contribution in [-0.4, -0.2) is 44.7 Å². The lowest BCUT2D eigenvalue weighted by Gasteiger charge is -2.17. The summed E-state index contributed by atoms with van der Waals surface area (Å²) < 4.78 is 18.5. The molecule has 6 nitrogen and oxygen atoms in total. The molecule has 0 aliphatic heterocycles. The molecule has 0 aliphatic rings. The summed E-state index contributed by atoms with van der Waals surface area (Å²) in [5.74, 6) is 0.947. The zero-order valence-corrected chi connectivity index (χ0v) is 14.6. The van der Waals surface area contributed by atoms with Crippen LogP contribution in [0.3, 0.4) is 0 Å². The summed E-state index contributed by atoms with van der Waals surface area (Å²) >= 11 is 0. The van der Waals surface area contributed by atoms with Crippen LogP contribution in [0.5, 0.6) is 5.75 Å². The second-order valence-electron chi connectivity index (χ2n) is 5.36. The average molecular weight is 338 g/mol. The lowest BCUT2D eigenvalue weighted by molar-refractivity contribution is -0.120. The summed E-state index contributed by atoms with van der Waals surface area (Å²) in [5.41, 5.74) is 0. The molecule has 1 amide bonds. The van der Waals surface area contributed by atoms with Gasteiger partial charge in [0.05, 0.1) is 6.54 Å². The van der Waals surface area contributed by atoms with Gasteiger partial charge in [0, 0.05) is 26.6 Å². The van der Waals surface area contributed by atoms with Gasteiger partial charge in [0.2, 0.25) is 5.91 Å². The predicted molar refractivity (Wildman–Crippen MR) is 93.8 cm³/mol. The van der Waals surface area contributed by atoms with Crippen LogP contribution in [0, 0.1) is 5.82 Å². The molecular formula is C17H27FN4O2. The number of benzene rings is 1. The quantitative estimate of drug-likeness (QED) is 0.473. The van der Waals surface area contributed by atoms with Gasteiger partial charge >= 0.3 is 0 Å². The van der Waals surface area contributed by atoms with Crippen molar-refractivity contribution in [3.05, 3.63) is 30.1 Å². The standard InChI is InChI=1S/C17H27FN4O2/c1-4-10-20-16(23)9-11-21-17(19-3)22-12-13(2)24-15-7-5-14(18)6-8-15/h5-8,13H,4,9-12H2,1-3H3,(H,20,23)(H2,19,21,22). The van der Waals surface area contributed by atoms with Crippen LogP contribution in [-0.2, 0) is 4.79 Å². The van der Waals surface area contributed by atoms with Crippen LogP contribution in [0.4, 0.5) is 4.39 Å². The number of nitrogens with one attached hydrogen (secondary N) is 3. The van der Waals surface area contributed by atoms with E-state index in [9.17, 15) is 9.18 Å². The number of carbonyl (C=O) groups excluding carboxylic acids is 1. The zero-order chi connectivity index (χ0) is 17.8. The lowest BCUT2D eigenvalue weighted by Crippen LogP contribution is -2.43. The summed E-state index contributed by atoms with van der Waals surface area (Å²) in [6.07, 6.45) is 1.19. The Balaban J connectivity index is 2.25. The van der Waals surface area contributed by atoms with E-state index in [1.807, 2.05) is 13.8 Å². The van der Waals surface area contributed by atoms with E-state index in [4.69, 9.17) is 4.74 Å². The molecule has 1 atom stereocenters. The minimum absolute atomic E-state index is 0.0211. The number of carbonyl (C=O) groups is 1. The van der Waals surface area contributed by atoms with E-state index in [1.54, 1.807) is 19.2 Å². The van der Waals surface area contributed by atoms with Crippen molar-refractivity contribution in [1.82, 2.24) is 16.0 Å². The smallest absolute Gasteiger partial charge is 0.221 e. The minimum Gasteiger partial charge on any atom is -0.489 e. The van der Waals surface area contributed by atoms with E-state index in [2.05, 4.69) is 20.9 Å². The van der Waals surface area contributed by atoms with Crippen molar-refractivity contribution in [3.8, 4) is 5.75 Å². The Morgan fingerprint density at radius 1 is 1.21 bits per heavy atom. The third kappa shape index (κ3) is 8.36. The van der Waals surface area contributed by atoms with Gasteiger partial charge in [-0.3, -0.25) is 9.79 Å². The molecule has 24 heavy (non-hydrogen) atoms. The number of aliphatic imine (C=N–C) groups is 1. The van der Waals surface area contributed by atoms with Crippen LogP contribution >= 0.6 is 0 Å². The number of rotatable bonds is 9. The second-order valence-corrected chi connectivity index (χ2v) is 5.36. The molecule has 0 fully saturated rings. The third-order valence-corrected chi connectivity index (χ3v) is 3.15. The molecule has 7 heteroatoms. The molecule has 134 valence electrons. The van der Waals surface area contributed by atoms with E-state index in [1.165, 1.54) is 12.1 Å². The van der Waals surface area contributed by atoms with E-state index in [-0.39, 0.29) is 17.8 Å². The van der Waals surface area contributed by atoms with Crippen LogP contribution in [0.15, 0.2) is 29.3 Å². The monoisotopic (exact) mass is 338 g/mol. The van der Waals surface area contributed by atoms with Crippen LogP contribution in [0.2, 0.25) is 0 Å². The summed E-state index contributed by atoms with van der Waals surface area (Å²) in [5, 5.41) is 9.02. The number of nitrogens with zero attached hydrogens (tertiary/aromatic N) is 1. The molecule has 3 N–H and O–H groups in total. The molecule has 0 heterocycles. The molecule has 0 spiro atoms. The maximum absolute atomic E-state index is 12.8. The lowest BCUT2D eigenvalue weighted by atomic mass is 10.3. The number of guanidine groups is 1. The maximum Gasteiger partial charge on any atom is 0.221 e. The van der Waals surface area contributed by atoms with Crippen LogP contribution in [0.25, 0.3) is 0 Å². The van der Waals surface area contributed by atoms with Crippen LogP contribution < -0.4 is 20.7 Å². The summed E-state index contributed by atoms with van der Waals surface area (Å²) in [7, 11) is 1.66. The number of hydrogen-bond donors (Lipinski definition) is 3. The SMILES string of the molecule is CCCNC(=O)CCNC(=NC)NCC(C)Oc1ccc(F)cc1. The van der Waals surface area contributed by atoms with Gasteiger partial charge in [-0.1, -0.05) is 6.92 Å². The van der Waals surface area contributed by atoms with Gasteiger partial charge in [0.1, 0.15) is 17.7 Å². The average Bonchev–Trinajstić information content (AvgIpc) is 2.58. The Morgan fingerprint density at radius 2 is 1.92 bits per heavy atom. The largest absolute Gasteiger partial charge is 0.489 e. The Bertz CT molecular complexity index is 520. The van der Waals surface area contributed by atoms with Crippen molar-refractivity contribution < 1.29 is 13.9 Å². The van der Waals surface area contributed by atoms with Crippen molar-refractivity contribution >= 4 is 11.9 Å². The Kier molecular flexibility index (Phi) is 9.26. The van der Waals surface area contributed by atoms with Crippen molar-refractivity contribution in [2.75, 3.05) is 26.7 Å². The van der Waals surface area contributed by atoms with E-state index < -0.39 is 0 Å². The van der Waals surface area contributed by atoms with Gasteiger partial charge in [0.15, 0.2) is 5.96 Å². The fraction of sp³-hybridized carbons (Fsp3) is 0.529. The minimum atomic E-state index is -0.291. The Labute approximate surface area is 142 Å². The summed E-state index contributed by atoms with van der Waals surface area (Å²) in [4.78, 5) is 15.6. The van der Waals surface area contributed by atoms with Gasteiger partial charge < -0.3 is 20.7 Å². The molecule has 1 unspecified atom stereocenters. The number of amides is 1. The molecule has 0 bridgehead atoms. The van der Waals surface area contributed by atoms with Gasteiger partial charge in [-0.15, -0.1) is 0 Å².